The molecule has 3 rings (SSSR count). The molecule has 1 aliphatic carbocycles. The molecule has 0 radical (unpaired) electrons. The minimum atomic E-state index is -0.527. The van der Waals surface area contributed by atoms with Crippen molar-refractivity contribution < 1.29 is 14.3 Å². The van der Waals surface area contributed by atoms with Gasteiger partial charge in [-0.15, -0.1) is 0 Å². The third kappa shape index (κ3) is 5.25. The molecule has 1 N–H and O–H groups in total. The van der Waals surface area contributed by atoms with Gasteiger partial charge in [0.05, 0.1) is 6.10 Å². The van der Waals surface area contributed by atoms with E-state index in [2.05, 4.69) is 11.4 Å². The molecule has 0 spiro atoms. The summed E-state index contributed by atoms with van der Waals surface area (Å²) < 4.78 is 11.9. The van der Waals surface area contributed by atoms with Crippen molar-refractivity contribution in [2.75, 3.05) is 5.32 Å². The fourth-order valence-corrected chi connectivity index (χ4v) is 3.45. The molecule has 0 bridgehead atoms. The van der Waals surface area contributed by atoms with Crippen LogP contribution in [0, 0.1) is 13.8 Å². The Kier molecular flexibility index (Phi) is 6.38. The third-order valence-electron chi connectivity index (χ3n) is 4.99. The topological polar surface area (TPSA) is 47.6 Å². The quantitative estimate of drug-likeness (QED) is 0.711. The average molecular weight is 367 g/mol. The lowest BCUT2D eigenvalue weighted by molar-refractivity contribution is -0.122. The molecular formula is C23H29NO3. The van der Waals surface area contributed by atoms with E-state index in [-0.39, 0.29) is 5.91 Å². The van der Waals surface area contributed by atoms with Crippen LogP contribution in [0.3, 0.4) is 0 Å². The van der Waals surface area contributed by atoms with E-state index in [9.17, 15) is 4.79 Å². The first-order valence-corrected chi connectivity index (χ1v) is 9.86. The number of benzene rings is 2. The SMILES string of the molecule is CC[C@@H](Oc1ccc(C)cc1C)C(=O)Nc1ccc(OC2CCCC2)cc1. The zero-order valence-electron chi connectivity index (χ0n) is 16.5. The largest absolute Gasteiger partial charge is 0.490 e. The summed E-state index contributed by atoms with van der Waals surface area (Å²) in [6.45, 7) is 5.99. The van der Waals surface area contributed by atoms with Crippen molar-refractivity contribution in [1.29, 1.82) is 0 Å². The monoisotopic (exact) mass is 367 g/mol. The minimum absolute atomic E-state index is 0.137. The summed E-state index contributed by atoms with van der Waals surface area (Å²) in [5.74, 6) is 1.48. The van der Waals surface area contributed by atoms with Gasteiger partial charge in [-0.05, 0) is 81.8 Å². The molecule has 1 saturated carbocycles. The first kappa shape index (κ1) is 19.3. The molecule has 1 fully saturated rings. The lowest BCUT2D eigenvalue weighted by atomic mass is 10.1. The number of rotatable bonds is 7. The van der Waals surface area contributed by atoms with Crippen LogP contribution in [-0.4, -0.2) is 18.1 Å². The molecule has 4 nitrogen and oxygen atoms in total. The van der Waals surface area contributed by atoms with E-state index in [4.69, 9.17) is 9.47 Å². The Morgan fingerprint density at radius 2 is 1.81 bits per heavy atom. The Labute approximate surface area is 161 Å². The summed E-state index contributed by atoms with van der Waals surface area (Å²) >= 11 is 0. The summed E-state index contributed by atoms with van der Waals surface area (Å²) in [7, 11) is 0. The highest BCUT2D eigenvalue weighted by atomic mass is 16.5. The van der Waals surface area contributed by atoms with Gasteiger partial charge in [-0.2, -0.15) is 0 Å². The Hall–Kier alpha value is -2.49. The fraction of sp³-hybridized carbons (Fsp3) is 0.435. The normalized spacial score (nSPS) is 15.4. The smallest absolute Gasteiger partial charge is 0.265 e. The number of amides is 1. The number of hydrogen-bond donors (Lipinski definition) is 1. The van der Waals surface area contributed by atoms with Crippen molar-refractivity contribution >= 4 is 11.6 Å². The molecule has 4 heteroatoms. The van der Waals surface area contributed by atoms with Crippen LogP contribution >= 0.6 is 0 Å². The van der Waals surface area contributed by atoms with Gasteiger partial charge in [0.15, 0.2) is 6.10 Å². The van der Waals surface area contributed by atoms with E-state index in [0.717, 1.165) is 35.6 Å². The predicted octanol–water partition coefficient (Wildman–Crippen LogP) is 5.42. The molecule has 1 atom stereocenters. The third-order valence-corrected chi connectivity index (χ3v) is 4.99. The molecule has 0 aromatic heterocycles. The Morgan fingerprint density at radius 3 is 2.44 bits per heavy atom. The molecule has 144 valence electrons. The molecule has 1 amide bonds. The highest BCUT2D eigenvalue weighted by molar-refractivity contribution is 5.94. The van der Waals surface area contributed by atoms with Crippen LogP contribution < -0.4 is 14.8 Å². The Morgan fingerprint density at radius 1 is 1.11 bits per heavy atom. The molecule has 2 aromatic rings. The number of nitrogens with one attached hydrogen (secondary N) is 1. The van der Waals surface area contributed by atoms with E-state index >= 15 is 0 Å². The van der Waals surface area contributed by atoms with Crippen molar-refractivity contribution in [1.82, 2.24) is 0 Å². The van der Waals surface area contributed by atoms with E-state index in [1.54, 1.807) is 0 Å². The van der Waals surface area contributed by atoms with Crippen LogP contribution in [0.2, 0.25) is 0 Å². The first-order chi connectivity index (χ1) is 13.0. The first-order valence-electron chi connectivity index (χ1n) is 9.86. The predicted molar refractivity (Wildman–Crippen MR) is 109 cm³/mol. The van der Waals surface area contributed by atoms with Crippen molar-refractivity contribution in [2.24, 2.45) is 0 Å². The van der Waals surface area contributed by atoms with Crippen LogP contribution in [0.1, 0.15) is 50.2 Å². The van der Waals surface area contributed by atoms with Crippen LogP contribution in [0.25, 0.3) is 0 Å². The number of hydrogen-bond acceptors (Lipinski definition) is 3. The molecule has 27 heavy (non-hydrogen) atoms. The van der Waals surface area contributed by atoms with E-state index in [0.29, 0.717) is 12.5 Å². The number of aryl methyl sites for hydroxylation is 2. The highest BCUT2D eigenvalue weighted by Gasteiger charge is 2.20. The van der Waals surface area contributed by atoms with Crippen molar-refractivity contribution in [3.63, 3.8) is 0 Å². The molecule has 2 aromatic carbocycles. The van der Waals surface area contributed by atoms with Crippen LogP contribution in [-0.2, 0) is 4.79 Å². The minimum Gasteiger partial charge on any atom is -0.490 e. The van der Waals surface area contributed by atoms with Crippen molar-refractivity contribution in [2.45, 2.75) is 65.1 Å². The Bertz CT molecular complexity index is 764. The van der Waals surface area contributed by atoms with Crippen LogP contribution in [0.15, 0.2) is 42.5 Å². The van der Waals surface area contributed by atoms with Gasteiger partial charge >= 0.3 is 0 Å². The number of ether oxygens (including phenoxy) is 2. The van der Waals surface area contributed by atoms with Crippen LogP contribution in [0.4, 0.5) is 5.69 Å². The number of carbonyl (C=O) groups is 1. The number of anilines is 1. The lowest BCUT2D eigenvalue weighted by Crippen LogP contribution is -2.32. The highest BCUT2D eigenvalue weighted by Crippen LogP contribution is 2.25. The van der Waals surface area contributed by atoms with Crippen LogP contribution in [0.5, 0.6) is 11.5 Å². The molecule has 0 aliphatic heterocycles. The molecule has 0 unspecified atom stereocenters. The van der Waals surface area contributed by atoms with E-state index < -0.39 is 6.10 Å². The van der Waals surface area contributed by atoms with Gasteiger partial charge in [0.2, 0.25) is 0 Å². The zero-order chi connectivity index (χ0) is 19.2. The summed E-state index contributed by atoms with van der Waals surface area (Å²) in [5.41, 5.74) is 2.97. The molecule has 0 saturated heterocycles. The second kappa shape index (κ2) is 8.94. The standard InChI is InChI=1S/C23H29NO3/c1-4-21(27-22-14-9-16(2)15-17(22)3)23(25)24-18-10-12-20(13-11-18)26-19-7-5-6-8-19/h9-15,19,21H,4-8H2,1-3H3,(H,24,25)/t21-/m1/s1. The second-order valence-electron chi connectivity index (χ2n) is 7.32. The Balaban J connectivity index is 1.58. The van der Waals surface area contributed by atoms with Gasteiger partial charge in [0.25, 0.3) is 5.91 Å². The van der Waals surface area contributed by atoms with Gasteiger partial charge < -0.3 is 14.8 Å². The maximum absolute atomic E-state index is 12.6. The van der Waals surface area contributed by atoms with Gasteiger partial charge in [-0.25, -0.2) is 0 Å². The van der Waals surface area contributed by atoms with Gasteiger partial charge in [-0.3, -0.25) is 4.79 Å². The maximum atomic E-state index is 12.6. The molecule has 0 heterocycles. The van der Waals surface area contributed by atoms with Gasteiger partial charge in [-0.1, -0.05) is 24.6 Å². The average Bonchev–Trinajstić information content (AvgIpc) is 3.16. The van der Waals surface area contributed by atoms with Crippen molar-refractivity contribution in [3.8, 4) is 11.5 Å². The number of carbonyl (C=O) groups excluding carboxylic acids is 1. The fourth-order valence-electron chi connectivity index (χ4n) is 3.45. The summed E-state index contributed by atoms with van der Waals surface area (Å²) in [6.07, 6.45) is 5.16. The van der Waals surface area contributed by atoms with Gasteiger partial charge in [0.1, 0.15) is 11.5 Å². The van der Waals surface area contributed by atoms with Gasteiger partial charge in [0, 0.05) is 5.69 Å². The lowest BCUT2D eigenvalue weighted by Gasteiger charge is -2.19. The summed E-state index contributed by atoms with van der Waals surface area (Å²) in [4.78, 5) is 12.6. The van der Waals surface area contributed by atoms with Crippen molar-refractivity contribution in [3.05, 3.63) is 53.6 Å². The molecule has 1 aliphatic rings. The van der Waals surface area contributed by atoms with E-state index in [1.807, 2.05) is 57.2 Å². The maximum Gasteiger partial charge on any atom is 0.265 e. The summed E-state index contributed by atoms with van der Waals surface area (Å²) in [5, 5.41) is 2.95. The van der Waals surface area contributed by atoms with E-state index in [1.165, 1.54) is 18.4 Å². The summed E-state index contributed by atoms with van der Waals surface area (Å²) in [6, 6.07) is 13.6. The zero-order valence-corrected chi connectivity index (χ0v) is 16.5. The molecular weight excluding hydrogens is 338 g/mol. The second-order valence-corrected chi connectivity index (χ2v) is 7.32.